The summed E-state index contributed by atoms with van der Waals surface area (Å²) in [5, 5.41) is 13.2. The average Bonchev–Trinajstić information content (AvgIpc) is 3.01. The number of benzene rings is 2. The zero-order valence-corrected chi connectivity index (χ0v) is 16.1. The second-order valence-electron chi connectivity index (χ2n) is 7.69. The van der Waals surface area contributed by atoms with Crippen LogP contribution in [0.4, 0.5) is 0 Å². The monoisotopic (exact) mass is 378 g/mol. The molecule has 0 aliphatic carbocycles. The van der Waals surface area contributed by atoms with Crippen molar-refractivity contribution in [1.29, 1.82) is 0 Å². The maximum atomic E-state index is 12.5. The van der Waals surface area contributed by atoms with E-state index in [1.54, 1.807) is 12.1 Å². The minimum absolute atomic E-state index is 0.117. The zero-order chi connectivity index (χ0) is 19.8. The molecule has 2 N–H and O–H groups in total. The highest BCUT2D eigenvalue weighted by Crippen LogP contribution is 2.30. The van der Waals surface area contributed by atoms with E-state index < -0.39 is 13.1 Å². The molecule has 4 rings (SSSR count). The van der Waals surface area contributed by atoms with Crippen LogP contribution in [0.1, 0.15) is 39.5 Å². The molecule has 0 fully saturated rings. The molecular weight excluding hydrogens is 355 g/mol. The number of nitrogens with zero attached hydrogens (tertiary/aromatic N) is 1. The lowest BCUT2D eigenvalue weighted by molar-refractivity contribution is -0.120. The third kappa shape index (κ3) is 3.68. The van der Waals surface area contributed by atoms with Gasteiger partial charge in [0.05, 0.1) is 17.9 Å². The number of Topliss-reactive ketones (excluding diaryl/α,β-unsaturated/α-hetero) is 1. The van der Waals surface area contributed by atoms with Gasteiger partial charge >= 0.3 is 7.12 Å². The number of hydrogen-bond donors (Lipinski definition) is 2. The zero-order valence-electron chi connectivity index (χ0n) is 16.1. The molecule has 0 radical (unpaired) electrons. The molecular formula is C21H23BN2O4. The van der Waals surface area contributed by atoms with E-state index in [1.165, 1.54) is 18.1 Å². The lowest BCUT2D eigenvalue weighted by Crippen LogP contribution is -2.53. The van der Waals surface area contributed by atoms with Gasteiger partial charge in [-0.3, -0.25) is 14.5 Å². The molecule has 0 bridgehead atoms. The van der Waals surface area contributed by atoms with Crippen molar-refractivity contribution in [2.75, 3.05) is 7.05 Å². The average molecular weight is 378 g/mol. The smallest absolute Gasteiger partial charge is 0.534 e. The Bertz CT molecular complexity index is 946. The summed E-state index contributed by atoms with van der Waals surface area (Å²) in [5.41, 5.74) is 4.78. The van der Waals surface area contributed by atoms with Crippen LogP contribution in [0.3, 0.4) is 0 Å². The van der Waals surface area contributed by atoms with Gasteiger partial charge in [-0.15, -0.1) is 0 Å². The fourth-order valence-electron chi connectivity index (χ4n) is 4.00. The summed E-state index contributed by atoms with van der Waals surface area (Å²) in [7, 11) is 0.886. The van der Waals surface area contributed by atoms with E-state index >= 15 is 0 Å². The molecule has 6 nitrogen and oxygen atoms in total. The van der Waals surface area contributed by atoms with Crippen LogP contribution in [0, 0.1) is 0 Å². The van der Waals surface area contributed by atoms with E-state index in [9.17, 15) is 14.6 Å². The minimum Gasteiger partial charge on any atom is -0.534 e. The maximum Gasteiger partial charge on any atom is 0.547 e. The Morgan fingerprint density at radius 1 is 1.21 bits per heavy atom. The Balaban J connectivity index is 1.43. The van der Waals surface area contributed by atoms with Gasteiger partial charge in [-0.25, -0.2) is 0 Å². The lowest BCUT2D eigenvalue weighted by atomic mass is 9.72. The van der Waals surface area contributed by atoms with Crippen molar-refractivity contribution in [2.45, 2.75) is 38.8 Å². The largest absolute Gasteiger partial charge is 0.547 e. The number of fused-ring (bicyclic) bond motifs is 2. The van der Waals surface area contributed by atoms with Crippen molar-refractivity contribution >= 4 is 18.8 Å². The molecule has 0 aromatic heterocycles. The number of hydrogen-bond acceptors (Lipinski definition) is 5. The van der Waals surface area contributed by atoms with Crippen molar-refractivity contribution < 1.29 is 19.3 Å². The normalized spacial score (nSPS) is 18.2. The number of nitrogens with one attached hydrogen (secondary N) is 1. The molecule has 2 heterocycles. The fraction of sp³-hybridized carbons (Fsp3) is 0.333. The number of rotatable bonds is 4. The first-order chi connectivity index (χ1) is 13.4. The van der Waals surface area contributed by atoms with Crippen molar-refractivity contribution in [3.63, 3.8) is 0 Å². The molecule has 2 aromatic carbocycles. The topological polar surface area (TPSA) is 78.9 Å². The van der Waals surface area contributed by atoms with Crippen LogP contribution >= 0.6 is 0 Å². The molecule has 0 saturated heterocycles. The Kier molecular flexibility index (Phi) is 4.95. The highest BCUT2D eigenvalue weighted by molar-refractivity contribution is 6.47. The minimum atomic E-state index is -1.19. The highest BCUT2D eigenvalue weighted by atomic mass is 16.5. The van der Waals surface area contributed by atoms with Crippen LogP contribution in [-0.2, 0) is 30.7 Å². The number of carbonyl (C=O) groups excluding carboxylic acids is 2. The van der Waals surface area contributed by atoms with Crippen LogP contribution in [0.15, 0.2) is 36.4 Å². The molecule has 2 aliphatic heterocycles. The van der Waals surface area contributed by atoms with Crippen LogP contribution in [0.25, 0.3) is 0 Å². The number of amides is 1. The van der Waals surface area contributed by atoms with E-state index in [-0.39, 0.29) is 18.1 Å². The quantitative estimate of drug-likeness (QED) is 0.623. The van der Waals surface area contributed by atoms with Crippen molar-refractivity contribution in [1.82, 2.24) is 10.2 Å². The van der Waals surface area contributed by atoms with E-state index in [1.807, 2.05) is 12.1 Å². The molecule has 2 aliphatic rings. The van der Waals surface area contributed by atoms with E-state index in [2.05, 4.69) is 29.4 Å². The van der Waals surface area contributed by atoms with Crippen LogP contribution in [0.2, 0.25) is 0 Å². The van der Waals surface area contributed by atoms with Crippen LogP contribution < -0.4 is 9.97 Å². The predicted octanol–water partition coefficient (Wildman–Crippen LogP) is 1.52. The SMILES string of the molecule is CC(=O)c1cccc2c1OB(O)[C@@H](NC(=O)Cc1ccc3c(c1)CN(C)C3)C2. The third-order valence-electron chi connectivity index (χ3n) is 5.36. The summed E-state index contributed by atoms with van der Waals surface area (Å²) >= 11 is 0. The number of para-hydroxylation sites is 1. The van der Waals surface area contributed by atoms with Gasteiger partial charge < -0.3 is 15.0 Å². The van der Waals surface area contributed by atoms with Crippen molar-refractivity contribution in [2.24, 2.45) is 0 Å². The number of ketones is 1. The summed E-state index contributed by atoms with van der Waals surface area (Å²) in [5.74, 6) is -0.419. The van der Waals surface area contributed by atoms with Crippen LogP contribution in [0.5, 0.6) is 5.75 Å². The molecule has 7 heteroatoms. The number of carbonyl (C=O) groups is 2. The van der Waals surface area contributed by atoms with Gasteiger partial charge in [0.25, 0.3) is 0 Å². The summed E-state index contributed by atoms with van der Waals surface area (Å²) in [4.78, 5) is 26.5. The molecule has 0 spiro atoms. The van der Waals surface area contributed by atoms with Crippen molar-refractivity contribution in [3.8, 4) is 5.75 Å². The first-order valence-corrected chi connectivity index (χ1v) is 9.47. The van der Waals surface area contributed by atoms with E-state index in [0.717, 1.165) is 24.2 Å². The van der Waals surface area contributed by atoms with Gasteiger partial charge in [-0.1, -0.05) is 30.3 Å². The molecule has 2 aromatic rings. The van der Waals surface area contributed by atoms with Gasteiger partial charge in [0.2, 0.25) is 5.91 Å². The summed E-state index contributed by atoms with van der Waals surface area (Å²) < 4.78 is 5.57. The van der Waals surface area contributed by atoms with Gasteiger partial charge in [0.15, 0.2) is 5.78 Å². The predicted molar refractivity (Wildman–Crippen MR) is 106 cm³/mol. The Morgan fingerprint density at radius 2 is 2.00 bits per heavy atom. The van der Waals surface area contributed by atoms with E-state index in [4.69, 9.17) is 4.65 Å². The molecule has 144 valence electrons. The highest BCUT2D eigenvalue weighted by Gasteiger charge is 2.37. The Morgan fingerprint density at radius 3 is 2.79 bits per heavy atom. The van der Waals surface area contributed by atoms with E-state index in [0.29, 0.717) is 17.7 Å². The molecule has 28 heavy (non-hydrogen) atoms. The second-order valence-corrected chi connectivity index (χ2v) is 7.69. The standard InChI is InChI=1S/C21H23BN2O4/c1-13(25)18-5-3-4-15-10-19(22(27)28-21(15)18)23-20(26)9-14-6-7-16-11-24(2)12-17(16)8-14/h3-8,19,27H,9-12H2,1-2H3,(H,23,26)/t19-/m0/s1. The first kappa shape index (κ1) is 18.7. The van der Waals surface area contributed by atoms with Crippen molar-refractivity contribution in [3.05, 3.63) is 64.2 Å². The van der Waals surface area contributed by atoms with Gasteiger partial charge in [0.1, 0.15) is 5.75 Å². The maximum absolute atomic E-state index is 12.5. The first-order valence-electron chi connectivity index (χ1n) is 9.47. The molecule has 0 saturated carbocycles. The van der Waals surface area contributed by atoms with Gasteiger partial charge in [0, 0.05) is 13.1 Å². The lowest BCUT2D eigenvalue weighted by Gasteiger charge is -2.29. The molecule has 0 unspecified atom stereocenters. The summed E-state index contributed by atoms with van der Waals surface area (Å²) in [6, 6.07) is 11.5. The van der Waals surface area contributed by atoms with Gasteiger partial charge in [-0.05, 0) is 48.7 Å². The third-order valence-corrected chi connectivity index (χ3v) is 5.36. The summed E-state index contributed by atoms with van der Waals surface area (Å²) in [6.07, 6.45) is 0.666. The van der Waals surface area contributed by atoms with Crippen LogP contribution in [-0.4, -0.2) is 41.7 Å². The second kappa shape index (κ2) is 7.41. The Labute approximate surface area is 164 Å². The molecule has 1 amide bonds. The Hall–Kier alpha value is -2.64. The van der Waals surface area contributed by atoms with Gasteiger partial charge in [-0.2, -0.15) is 0 Å². The molecule has 1 atom stereocenters. The fourth-order valence-corrected chi connectivity index (χ4v) is 4.00. The summed E-state index contributed by atoms with van der Waals surface area (Å²) in [6.45, 7) is 3.30.